The molecule has 1 N–H and O–H groups in total. The smallest absolute Gasteiger partial charge is 0.337 e. The van der Waals surface area contributed by atoms with E-state index < -0.39 is 0 Å². The van der Waals surface area contributed by atoms with Gasteiger partial charge in [-0.3, -0.25) is 4.90 Å². The zero-order valence-corrected chi connectivity index (χ0v) is 16.3. The Morgan fingerprint density at radius 2 is 2.00 bits per heavy atom. The van der Waals surface area contributed by atoms with Crippen molar-refractivity contribution >= 4 is 23.4 Å². The van der Waals surface area contributed by atoms with Crippen molar-refractivity contribution in [2.24, 2.45) is 0 Å². The predicted molar refractivity (Wildman–Crippen MR) is 103 cm³/mol. The lowest BCUT2D eigenvalue weighted by molar-refractivity contribution is 0.0600. The number of thioether (sulfide) groups is 1. The van der Waals surface area contributed by atoms with Crippen molar-refractivity contribution in [2.45, 2.75) is 36.2 Å². The number of carbonyl (C=O) groups excluding carboxylic acids is 1. The molecule has 0 aromatic heterocycles. The Morgan fingerprint density at radius 1 is 1.27 bits per heavy atom. The number of benzene rings is 1. The average molecular weight is 378 g/mol. The molecule has 1 aromatic carbocycles. The summed E-state index contributed by atoms with van der Waals surface area (Å²) in [4.78, 5) is 18.4. The molecule has 2 fully saturated rings. The van der Waals surface area contributed by atoms with Crippen LogP contribution in [0, 0.1) is 6.92 Å². The van der Waals surface area contributed by atoms with Gasteiger partial charge in [0.2, 0.25) is 0 Å². The third-order valence-electron chi connectivity index (χ3n) is 5.46. The van der Waals surface area contributed by atoms with E-state index in [4.69, 9.17) is 9.47 Å². The largest absolute Gasteiger partial charge is 0.465 e. The van der Waals surface area contributed by atoms with Gasteiger partial charge in [0.15, 0.2) is 0 Å². The van der Waals surface area contributed by atoms with Crippen LogP contribution in [0.2, 0.25) is 0 Å². The maximum atomic E-state index is 12.1. The molecule has 2 saturated heterocycles. The number of hydrogen-bond acceptors (Lipinski definition) is 7. The van der Waals surface area contributed by atoms with E-state index in [2.05, 4.69) is 22.0 Å². The maximum Gasteiger partial charge on any atom is 0.337 e. The third-order valence-corrected chi connectivity index (χ3v) is 6.76. The molecule has 4 rings (SSSR count). The van der Waals surface area contributed by atoms with Gasteiger partial charge in [-0.15, -0.1) is 0 Å². The van der Waals surface area contributed by atoms with Crippen LogP contribution in [0.1, 0.15) is 28.8 Å². The van der Waals surface area contributed by atoms with E-state index in [-0.39, 0.29) is 5.97 Å². The van der Waals surface area contributed by atoms with Crippen LogP contribution in [0.15, 0.2) is 17.0 Å². The van der Waals surface area contributed by atoms with Crippen LogP contribution in [-0.4, -0.2) is 68.9 Å². The number of ether oxygens (including phenoxy) is 2. The van der Waals surface area contributed by atoms with E-state index in [1.165, 1.54) is 17.7 Å². The van der Waals surface area contributed by atoms with Gasteiger partial charge in [0.25, 0.3) is 0 Å². The first-order valence-corrected chi connectivity index (χ1v) is 10.3. The van der Waals surface area contributed by atoms with E-state index in [0.29, 0.717) is 17.1 Å². The highest BCUT2D eigenvalue weighted by atomic mass is 32.2. The second-order valence-electron chi connectivity index (χ2n) is 7.11. The minimum Gasteiger partial charge on any atom is -0.465 e. The Morgan fingerprint density at radius 3 is 2.69 bits per heavy atom. The van der Waals surface area contributed by atoms with Crippen molar-refractivity contribution in [1.82, 2.24) is 10.2 Å². The van der Waals surface area contributed by atoms with Gasteiger partial charge in [-0.2, -0.15) is 0 Å². The van der Waals surface area contributed by atoms with Crippen LogP contribution in [0.25, 0.3) is 0 Å². The number of esters is 1. The van der Waals surface area contributed by atoms with Crippen molar-refractivity contribution in [3.05, 3.63) is 23.3 Å². The Hall–Kier alpha value is -1.28. The van der Waals surface area contributed by atoms with Crippen LogP contribution in [0.3, 0.4) is 0 Å². The first-order valence-electron chi connectivity index (χ1n) is 9.39. The summed E-state index contributed by atoms with van der Waals surface area (Å²) in [5.74, 6) is -0.264. The van der Waals surface area contributed by atoms with E-state index in [1.54, 1.807) is 0 Å². The van der Waals surface area contributed by atoms with Crippen molar-refractivity contribution in [2.75, 3.05) is 51.4 Å². The summed E-state index contributed by atoms with van der Waals surface area (Å²) in [6.07, 6.45) is 2.11. The van der Waals surface area contributed by atoms with Crippen molar-refractivity contribution in [3.8, 4) is 0 Å². The maximum absolute atomic E-state index is 12.1. The molecule has 3 aliphatic rings. The number of nitrogens with zero attached hydrogens (tertiary/aromatic N) is 2. The van der Waals surface area contributed by atoms with Crippen molar-refractivity contribution < 1.29 is 14.3 Å². The lowest BCUT2D eigenvalue weighted by Gasteiger charge is -2.43. The Kier molecular flexibility index (Phi) is 5.40. The van der Waals surface area contributed by atoms with Gasteiger partial charge in [0.05, 0.1) is 18.4 Å². The Bertz CT molecular complexity index is 672. The standard InChI is InChI=1S/C19H27N3O3S/c1-13-11-14(18(23)24-2)12-16-17(13)22(15-3-9-25-10-4-15)19(26-16)21-7-5-20-6-8-21/h11-12,15,19-20H,3-10H2,1-2H3. The van der Waals surface area contributed by atoms with Crippen LogP contribution in [0.4, 0.5) is 5.69 Å². The molecule has 0 spiro atoms. The molecule has 7 heteroatoms. The molecular formula is C19H27N3O3S. The van der Waals surface area contributed by atoms with Gasteiger partial charge in [0.1, 0.15) is 5.50 Å². The number of rotatable bonds is 3. The molecule has 3 heterocycles. The van der Waals surface area contributed by atoms with E-state index in [0.717, 1.165) is 57.8 Å². The third kappa shape index (κ3) is 3.33. The van der Waals surface area contributed by atoms with Gasteiger partial charge in [0, 0.05) is 50.3 Å². The summed E-state index contributed by atoms with van der Waals surface area (Å²) in [5, 5.41) is 3.45. The molecule has 0 bridgehead atoms. The number of anilines is 1. The minimum atomic E-state index is -0.264. The summed E-state index contributed by atoms with van der Waals surface area (Å²) >= 11 is 1.88. The normalized spacial score (nSPS) is 24.5. The fourth-order valence-electron chi connectivity index (χ4n) is 4.16. The molecule has 0 saturated carbocycles. The van der Waals surface area contributed by atoms with Gasteiger partial charge in [-0.05, 0) is 37.5 Å². The molecule has 1 atom stereocenters. The lowest BCUT2D eigenvalue weighted by Crippen LogP contribution is -2.55. The molecule has 1 aromatic rings. The van der Waals surface area contributed by atoms with Gasteiger partial charge < -0.3 is 19.7 Å². The minimum absolute atomic E-state index is 0.264. The second-order valence-corrected chi connectivity index (χ2v) is 8.21. The molecule has 0 aliphatic carbocycles. The fraction of sp³-hybridized carbons (Fsp3) is 0.632. The van der Waals surface area contributed by atoms with E-state index in [9.17, 15) is 4.79 Å². The van der Waals surface area contributed by atoms with Crippen LogP contribution in [0.5, 0.6) is 0 Å². The van der Waals surface area contributed by atoms with E-state index in [1.807, 2.05) is 23.9 Å². The van der Waals surface area contributed by atoms with Crippen LogP contribution >= 0.6 is 11.8 Å². The summed E-state index contributed by atoms with van der Waals surface area (Å²) in [7, 11) is 1.44. The molecule has 0 amide bonds. The zero-order chi connectivity index (χ0) is 18.1. The highest BCUT2D eigenvalue weighted by Gasteiger charge is 2.40. The SMILES string of the molecule is COC(=O)c1cc(C)c2c(c1)SC(N1CCNCC1)N2C1CCOCC1. The van der Waals surface area contributed by atoms with Gasteiger partial charge in [-0.25, -0.2) is 4.79 Å². The number of piperazine rings is 1. The summed E-state index contributed by atoms with van der Waals surface area (Å²) in [6, 6.07) is 4.46. The first kappa shape index (κ1) is 18.1. The van der Waals surface area contributed by atoms with Gasteiger partial charge >= 0.3 is 5.97 Å². The quantitative estimate of drug-likeness (QED) is 0.809. The number of fused-ring (bicyclic) bond motifs is 1. The van der Waals surface area contributed by atoms with Crippen LogP contribution in [-0.2, 0) is 9.47 Å². The number of hydrogen-bond donors (Lipinski definition) is 1. The summed E-state index contributed by atoms with van der Waals surface area (Å²) in [6.45, 7) is 7.92. The average Bonchev–Trinajstić information content (AvgIpc) is 3.09. The molecule has 3 aliphatic heterocycles. The second kappa shape index (κ2) is 7.76. The molecular weight excluding hydrogens is 350 g/mol. The fourth-order valence-corrected chi connectivity index (χ4v) is 5.72. The molecule has 26 heavy (non-hydrogen) atoms. The number of methoxy groups -OCH3 is 1. The molecule has 6 nitrogen and oxygen atoms in total. The highest BCUT2D eigenvalue weighted by molar-refractivity contribution is 8.00. The van der Waals surface area contributed by atoms with Crippen molar-refractivity contribution in [3.63, 3.8) is 0 Å². The highest BCUT2D eigenvalue weighted by Crippen LogP contribution is 2.49. The Balaban J connectivity index is 1.71. The predicted octanol–water partition coefficient (Wildman–Crippen LogP) is 2.06. The Labute approximate surface area is 159 Å². The molecule has 142 valence electrons. The monoisotopic (exact) mass is 377 g/mol. The first-order chi connectivity index (χ1) is 12.7. The number of aryl methyl sites for hydroxylation is 1. The number of carbonyl (C=O) groups is 1. The van der Waals surface area contributed by atoms with Gasteiger partial charge in [-0.1, -0.05) is 11.8 Å². The summed E-state index contributed by atoms with van der Waals surface area (Å²) in [5.41, 5.74) is 3.38. The molecule has 1 unspecified atom stereocenters. The molecule has 0 radical (unpaired) electrons. The summed E-state index contributed by atoms with van der Waals surface area (Å²) < 4.78 is 10.5. The van der Waals surface area contributed by atoms with E-state index >= 15 is 0 Å². The van der Waals surface area contributed by atoms with Crippen molar-refractivity contribution in [1.29, 1.82) is 0 Å². The number of nitrogens with one attached hydrogen (secondary N) is 1. The lowest BCUT2D eigenvalue weighted by atomic mass is 10.0. The topological polar surface area (TPSA) is 54.0 Å². The van der Waals surface area contributed by atoms with Crippen LogP contribution < -0.4 is 10.2 Å². The zero-order valence-electron chi connectivity index (χ0n) is 15.5.